The molecule has 0 spiro atoms. The van der Waals surface area contributed by atoms with Crippen LogP contribution in [0.4, 0.5) is 11.6 Å². The number of benzene rings is 1. The number of rotatable bonds is 3. The average Bonchev–Trinajstić information content (AvgIpc) is 2.36. The quantitative estimate of drug-likeness (QED) is 0.833. The topological polar surface area (TPSA) is 90.1 Å². The molecular weight excluding hydrogens is 256 g/mol. The number of carbonyl (C=O) groups excluding carboxylic acids is 1. The average molecular weight is 272 g/mol. The van der Waals surface area contributed by atoms with Crippen molar-refractivity contribution < 1.29 is 9.53 Å². The molecule has 20 heavy (non-hydrogen) atoms. The highest BCUT2D eigenvalue weighted by Gasteiger charge is 2.10. The fraction of sp³-hybridized carbons (Fsp3) is 0.214. The van der Waals surface area contributed by atoms with Crippen LogP contribution < -0.4 is 15.8 Å². The minimum atomic E-state index is -0.312. The smallest absolute Gasteiger partial charge is 0.258 e. The van der Waals surface area contributed by atoms with E-state index in [2.05, 4.69) is 15.3 Å². The maximum Gasteiger partial charge on any atom is 0.258 e. The summed E-state index contributed by atoms with van der Waals surface area (Å²) >= 11 is 0. The third-order valence-electron chi connectivity index (χ3n) is 2.63. The fourth-order valence-electron chi connectivity index (χ4n) is 1.82. The number of methoxy groups -OCH3 is 1. The Morgan fingerprint density at radius 3 is 2.60 bits per heavy atom. The lowest BCUT2D eigenvalue weighted by Crippen LogP contribution is -2.15. The number of nitrogens with one attached hydrogen (secondary N) is 1. The number of hydrogen-bond donors (Lipinski definition) is 2. The highest BCUT2D eigenvalue weighted by molar-refractivity contribution is 6.04. The number of nitrogens with zero attached hydrogens (tertiary/aromatic N) is 2. The predicted molar refractivity (Wildman–Crippen MR) is 76.9 cm³/mol. The Hall–Kier alpha value is -2.63. The lowest BCUT2D eigenvalue weighted by Gasteiger charge is -2.07. The van der Waals surface area contributed by atoms with Crippen LogP contribution in [0.15, 0.2) is 24.3 Å². The van der Waals surface area contributed by atoms with E-state index >= 15 is 0 Å². The molecule has 3 N–H and O–H groups in total. The molecule has 6 nitrogen and oxygen atoms in total. The second-order valence-electron chi connectivity index (χ2n) is 4.46. The van der Waals surface area contributed by atoms with Gasteiger partial charge in [0.2, 0.25) is 11.8 Å². The van der Waals surface area contributed by atoms with Crippen molar-refractivity contribution in [3.63, 3.8) is 0 Å². The third-order valence-corrected chi connectivity index (χ3v) is 2.63. The minimum Gasteiger partial charge on any atom is -0.481 e. The van der Waals surface area contributed by atoms with Crippen molar-refractivity contribution in [2.45, 2.75) is 13.8 Å². The molecule has 0 aliphatic heterocycles. The number of aromatic nitrogens is 2. The van der Waals surface area contributed by atoms with Gasteiger partial charge in [0.1, 0.15) is 0 Å². The normalized spacial score (nSPS) is 10.2. The number of nitrogens with two attached hydrogens (primary N) is 1. The number of aryl methyl sites for hydroxylation is 2. The van der Waals surface area contributed by atoms with Crippen LogP contribution in [0.3, 0.4) is 0 Å². The van der Waals surface area contributed by atoms with Gasteiger partial charge < -0.3 is 10.5 Å². The molecule has 1 aromatic heterocycles. The van der Waals surface area contributed by atoms with Crippen LogP contribution in [-0.4, -0.2) is 23.0 Å². The molecule has 0 unspecified atom stereocenters. The largest absolute Gasteiger partial charge is 0.481 e. The molecule has 0 saturated carbocycles. The molecule has 0 aliphatic rings. The SMILES string of the molecule is COc1cc(C)nc(NC(=O)c2cc(C)cc(N)c2)n1. The zero-order valence-corrected chi connectivity index (χ0v) is 11.6. The van der Waals surface area contributed by atoms with Crippen molar-refractivity contribution in [1.29, 1.82) is 0 Å². The van der Waals surface area contributed by atoms with E-state index in [1.165, 1.54) is 7.11 Å². The van der Waals surface area contributed by atoms with Crippen molar-refractivity contribution in [1.82, 2.24) is 9.97 Å². The number of carbonyl (C=O) groups is 1. The number of nitrogen functional groups attached to an aromatic ring is 1. The van der Waals surface area contributed by atoms with Crippen LogP contribution in [0.2, 0.25) is 0 Å². The molecule has 1 aromatic carbocycles. The Morgan fingerprint density at radius 1 is 1.20 bits per heavy atom. The van der Waals surface area contributed by atoms with Crippen molar-refractivity contribution in [3.8, 4) is 5.88 Å². The number of anilines is 2. The Morgan fingerprint density at radius 2 is 1.95 bits per heavy atom. The van der Waals surface area contributed by atoms with E-state index in [4.69, 9.17) is 10.5 Å². The monoisotopic (exact) mass is 272 g/mol. The minimum absolute atomic E-state index is 0.201. The maximum atomic E-state index is 12.1. The summed E-state index contributed by atoms with van der Waals surface area (Å²) in [6, 6.07) is 6.83. The molecule has 1 amide bonds. The zero-order valence-electron chi connectivity index (χ0n) is 11.6. The number of amides is 1. The highest BCUT2D eigenvalue weighted by atomic mass is 16.5. The first-order chi connectivity index (χ1) is 9.47. The first kappa shape index (κ1) is 13.8. The Balaban J connectivity index is 2.25. The lowest BCUT2D eigenvalue weighted by molar-refractivity contribution is 0.102. The van der Waals surface area contributed by atoms with Gasteiger partial charge in [-0.2, -0.15) is 4.98 Å². The summed E-state index contributed by atoms with van der Waals surface area (Å²) in [6.07, 6.45) is 0. The molecular formula is C14H16N4O2. The first-order valence-corrected chi connectivity index (χ1v) is 6.06. The second kappa shape index (κ2) is 5.56. The van der Waals surface area contributed by atoms with Gasteiger partial charge in [-0.3, -0.25) is 10.1 Å². The number of hydrogen-bond acceptors (Lipinski definition) is 5. The molecule has 0 aliphatic carbocycles. The van der Waals surface area contributed by atoms with Crippen molar-refractivity contribution in [3.05, 3.63) is 41.1 Å². The van der Waals surface area contributed by atoms with Crippen molar-refractivity contribution in [2.24, 2.45) is 0 Å². The fourth-order valence-corrected chi connectivity index (χ4v) is 1.82. The van der Waals surface area contributed by atoms with Gasteiger partial charge in [0.05, 0.1) is 7.11 Å². The molecule has 0 radical (unpaired) electrons. The van der Waals surface area contributed by atoms with Crippen LogP contribution >= 0.6 is 0 Å². The van der Waals surface area contributed by atoms with Gasteiger partial charge in [-0.15, -0.1) is 0 Å². The van der Waals surface area contributed by atoms with Crippen LogP contribution in [-0.2, 0) is 0 Å². The van der Waals surface area contributed by atoms with E-state index < -0.39 is 0 Å². The molecule has 0 saturated heterocycles. The van der Waals surface area contributed by atoms with Gasteiger partial charge in [0, 0.05) is 23.0 Å². The van der Waals surface area contributed by atoms with Gasteiger partial charge >= 0.3 is 0 Å². The van der Waals surface area contributed by atoms with Crippen LogP contribution in [0.25, 0.3) is 0 Å². The van der Waals surface area contributed by atoms with Crippen LogP contribution in [0, 0.1) is 13.8 Å². The van der Waals surface area contributed by atoms with Crippen LogP contribution in [0.1, 0.15) is 21.6 Å². The summed E-state index contributed by atoms with van der Waals surface area (Å²) in [7, 11) is 1.51. The zero-order chi connectivity index (χ0) is 14.7. The van der Waals surface area contributed by atoms with Gasteiger partial charge in [0.25, 0.3) is 5.91 Å². The van der Waals surface area contributed by atoms with Crippen molar-refractivity contribution in [2.75, 3.05) is 18.2 Å². The molecule has 2 rings (SSSR count). The van der Waals surface area contributed by atoms with E-state index in [1.54, 1.807) is 31.2 Å². The Labute approximate surface area is 117 Å². The molecule has 2 aromatic rings. The summed E-state index contributed by atoms with van der Waals surface area (Å²) in [5.41, 5.74) is 8.35. The molecule has 6 heteroatoms. The first-order valence-electron chi connectivity index (χ1n) is 6.06. The van der Waals surface area contributed by atoms with Gasteiger partial charge in [-0.1, -0.05) is 0 Å². The van der Waals surface area contributed by atoms with Crippen molar-refractivity contribution >= 4 is 17.5 Å². The molecule has 104 valence electrons. The lowest BCUT2D eigenvalue weighted by atomic mass is 10.1. The summed E-state index contributed by atoms with van der Waals surface area (Å²) in [4.78, 5) is 20.3. The van der Waals surface area contributed by atoms with Gasteiger partial charge in [-0.05, 0) is 37.6 Å². The molecule has 0 fully saturated rings. The Kier molecular flexibility index (Phi) is 3.84. The van der Waals surface area contributed by atoms with E-state index in [9.17, 15) is 4.79 Å². The van der Waals surface area contributed by atoms with E-state index in [0.717, 1.165) is 5.56 Å². The summed E-state index contributed by atoms with van der Waals surface area (Å²) in [5.74, 6) is 0.288. The number of ether oxygens (including phenoxy) is 1. The summed E-state index contributed by atoms with van der Waals surface area (Å²) < 4.78 is 5.04. The highest BCUT2D eigenvalue weighted by Crippen LogP contribution is 2.15. The van der Waals surface area contributed by atoms with E-state index in [1.807, 2.05) is 6.92 Å². The summed E-state index contributed by atoms with van der Waals surface area (Å²) in [5, 5.41) is 2.63. The van der Waals surface area contributed by atoms with E-state index in [-0.39, 0.29) is 11.9 Å². The molecule has 0 bridgehead atoms. The Bertz CT molecular complexity index is 635. The predicted octanol–water partition coefficient (Wildman–Crippen LogP) is 1.94. The molecule has 0 atom stereocenters. The van der Waals surface area contributed by atoms with Gasteiger partial charge in [0.15, 0.2) is 0 Å². The maximum absolute atomic E-state index is 12.1. The van der Waals surface area contributed by atoms with E-state index in [0.29, 0.717) is 22.8 Å². The summed E-state index contributed by atoms with van der Waals surface area (Å²) in [6.45, 7) is 3.67. The van der Waals surface area contributed by atoms with Gasteiger partial charge in [-0.25, -0.2) is 4.98 Å². The van der Waals surface area contributed by atoms with Crippen LogP contribution in [0.5, 0.6) is 5.88 Å². The molecule has 1 heterocycles. The second-order valence-corrected chi connectivity index (χ2v) is 4.46. The standard InChI is InChI=1S/C14H16N4O2/c1-8-4-10(7-11(15)5-8)13(19)18-14-16-9(2)6-12(17-14)20-3/h4-7H,15H2,1-3H3,(H,16,17,18,19). The third kappa shape index (κ3) is 3.23.